The predicted octanol–water partition coefficient (Wildman–Crippen LogP) is 2.67. The summed E-state index contributed by atoms with van der Waals surface area (Å²) in [5.74, 6) is 1.66. The van der Waals surface area contributed by atoms with Crippen LogP contribution in [0.4, 0.5) is 11.8 Å². The molecule has 38 heavy (non-hydrogen) atoms. The highest BCUT2D eigenvalue weighted by Gasteiger charge is 2.23. The number of anilines is 2. The van der Waals surface area contributed by atoms with E-state index in [9.17, 15) is 15.0 Å². The van der Waals surface area contributed by atoms with Gasteiger partial charge in [-0.3, -0.25) is 4.79 Å². The van der Waals surface area contributed by atoms with Gasteiger partial charge in [-0.05, 0) is 46.5 Å². The summed E-state index contributed by atoms with van der Waals surface area (Å²) in [4.78, 5) is 25.9. The third-order valence-corrected chi connectivity index (χ3v) is 6.82. The minimum Gasteiger partial charge on any atom is -0.489 e. The van der Waals surface area contributed by atoms with E-state index in [1.54, 1.807) is 12.1 Å². The van der Waals surface area contributed by atoms with Gasteiger partial charge in [-0.25, -0.2) is 4.98 Å². The van der Waals surface area contributed by atoms with Gasteiger partial charge in [-0.2, -0.15) is 4.98 Å². The number of benzene rings is 3. The van der Waals surface area contributed by atoms with E-state index < -0.39 is 0 Å². The number of ether oxygens (including phenoxy) is 1. The first-order valence-electron chi connectivity index (χ1n) is 12.6. The monoisotopic (exact) mass is 513 g/mol. The third kappa shape index (κ3) is 5.69. The molecule has 4 aromatic rings. The van der Waals surface area contributed by atoms with Gasteiger partial charge in [-0.15, -0.1) is 0 Å². The van der Waals surface area contributed by atoms with Crippen LogP contribution in [-0.4, -0.2) is 57.2 Å². The van der Waals surface area contributed by atoms with Crippen molar-refractivity contribution in [3.05, 3.63) is 89.0 Å². The molecule has 1 aliphatic heterocycles. The van der Waals surface area contributed by atoms with Gasteiger partial charge in [0.25, 0.3) is 0 Å². The van der Waals surface area contributed by atoms with Crippen LogP contribution in [0.1, 0.15) is 22.3 Å². The fourth-order valence-electron chi connectivity index (χ4n) is 4.60. The number of nitrogen functional groups attached to an aromatic ring is 1. The molecule has 9 nitrogen and oxygen atoms in total. The molecule has 0 spiro atoms. The molecule has 1 saturated heterocycles. The molecule has 1 aromatic heterocycles. The van der Waals surface area contributed by atoms with E-state index in [1.165, 1.54) is 0 Å². The Morgan fingerprint density at radius 1 is 0.868 bits per heavy atom. The Morgan fingerprint density at radius 2 is 1.55 bits per heavy atom. The summed E-state index contributed by atoms with van der Waals surface area (Å²) in [6.45, 7) is 2.40. The fraction of sp³-hybridized carbons (Fsp3) is 0.276. The summed E-state index contributed by atoms with van der Waals surface area (Å²) in [6, 6.07) is 21.1. The molecule has 4 N–H and O–H groups in total. The number of hydrogen-bond donors (Lipinski definition) is 3. The van der Waals surface area contributed by atoms with Crippen molar-refractivity contribution in [3.63, 3.8) is 0 Å². The van der Waals surface area contributed by atoms with Crippen molar-refractivity contribution in [2.75, 3.05) is 36.8 Å². The number of aliphatic hydroxyl groups excluding tert-OH is 2. The van der Waals surface area contributed by atoms with Gasteiger partial charge in [0, 0.05) is 31.6 Å². The Hall–Kier alpha value is -4.21. The van der Waals surface area contributed by atoms with Crippen molar-refractivity contribution in [1.29, 1.82) is 0 Å². The number of rotatable bonds is 8. The predicted molar refractivity (Wildman–Crippen MR) is 146 cm³/mol. The van der Waals surface area contributed by atoms with Crippen molar-refractivity contribution in [1.82, 2.24) is 14.9 Å². The number of nitrogens with two attached hydrogens (primary N) is 1. The number of carbonyl (C=O) groups is 1. The smallest absolute Gasteiger partial charge is 0.228 e. The quantitative estimate of drug-likeness (QED) is 0.328. The molecule has 0 aliphatic carbocycles. The number of aliphatic hydroxyl groups is 2. The van der Waals surface area contributed by atoms with Gasteiger partial charge in [0.15, 0.2) is 0 Å². The van der Waals surface area contributed by atoms with Crippen LogP contribution in [0.15, 0.2) is 66.7 Å². The van der Waals surface area contributed by atoms with Crippen molar-refractivity contribution >= 4 is 28.6 Å². The van der Waals surface area contributed by atoms with Gasteiger partial charge in [0.2, 0.25) is 11.9 Å². The number of aromatic nitrogens is 2. The number of fused-ring (bicyclic) bond motifs is 1. The maximum atomic E-state index is 12.9. The Balaban J connectivity index is 1.17. The molecule has 1 aliphatic rings. The second-order valence-corrected chi connectivity index (χ2v) is 9.33. The third-order valence-electron chi connectivity index (χ3n) is 6.82. The van der Waals surface area contributed by atoms with Crippen molar-refractivity contribution in [2.24, 2.45) is 0 Å². The highest BCUT2D eigenvalue weighted by atomic mass is 16.5. The fourth-order valence-corrected chi connectivity index (χ4v) is 4.60. The Bertz CT molecular complexity index is 1400. The van der Waals surface area contributed by atoms with Gasteiger partial charge < -0.3 is 30.5 Å². The molecule has 0 bridgehead atoms. The minimum absolute atomic E-state index is 0.0747. The summed E-state index contributed by atoms with van der Waals surface area (Å²) in [5.41, 5.74) is 10.1. The number of hydrogen-bond acceptors (Lipinski definition) is 8. The van der Waals surface area contributed by atoms with E-state index >= 15 is 0 Å². The Kier molecular flexibility index (Phi) is 7.67. The van der Waals surface area contributed by atoms with Gasteiger partial charge in [0.05, 0.1) is 25.2 Å². The van der Waals surface area contributed by atoms with Crippen molar-refractivity contribution in [2.45, 2.75) is 26.2 Å². The van der Waals surface area contributed by atoms with Crippen LogP contribution in [0.2, 0.25) is 0 Å². The zero-order valence-corrected chi connectivity index (χ0v) is 21.1. The Labute approximate surface area is 221 Å². The van der Waals surface area contributed by atoms with Crippen LogP contribution in [0.5, 0.6) is 5.75 Å². The first-order chi connectivity index (χ1) is 18.5. The lowest BCUT2D eigenvalue weighted by Gasteiger charge is -2.35. The summed E-state index contributed by atoms with van der Waals surface area (Å²) in [7, 11) is 0. The summed E-state index contributed by atoms with van der Waals surface area (Å²) in [5, 5.41) is 19.8. The van der Waals surface area contributed by atoms with Crippen molar-refractivity contribution in [3.8, 4) is 5.75 Å². The summed E-state index contributed by atoms with van der Waals surface area (Å²) in [6.07, 6.45) is 0.329. The second kappa shape index (κ2) is 11.5. The molecule has 9 heteroatoms. The number of piperazine rings is 1. The van der Waals surface area contributed by atoms with Crippen LogP contribution in [0.25, 0.3) is 10.9 Å². The van der Waals surface area contributed by atoms with E-state index in [1.807, 2.05) is 64.4 Å². The molecule has 0 unspecified atom stereocenters. The summed E-state index contributed by atoms with van der Waals surface area (Å²) < 4.78 is 5.84. The molecule has 1 fully saturated rings. The average Bonchev–Trinajstić information content (AvgIpc) is 2.96. The number of amides is 1. The topological polar surface area (TPSA) is 125 Å². The largest absolute Gasteiger partial charge is 0.489 e. The molecule has 5 rings (SSSR count). The van der Waals surface area contributed by atoms with Crippen LogP contribution in [-0.2, 0) is 31.0 Å². The standard InChI is InChI=1S/C29H31N5O4/c30-28-25-15-22(17-35)23(18-36)16-26(25)31-29(32-28)34-12-10-33(11-13-34)27(37)14-20-6-8-24(9-7-20)38-19-21-4-2-1-3-5-21/h1-9,15-16,35-36H,10-14,17-19H2,(H2,30,31,32). The van der Waals surface area contributed by atoms with Crippen molar-refractivity contribution < 1.29 is 19.7 Å². The van der Waals surface area contributed by atoms with E-state index in [-0.39, 0.29) is 19.1 Å². The highest BCUT2D eigenvalue weighted by Crippen LogP contribution is 2.26. The van der Waals surface area contributed by atoms with Crippen LogP contribution >= 0.6 is 0 Å². The molecule has 1 amide bonds. The maximum absolute atomic E-state index is 12.9. The van der Waals surface area contributed by atoms with Gasteiger partial charge >= 0.3 is 0 Å². The lowest BCUT2D eigenvalue weighted by Crippen LogP contribution is -2.49. The first-order valence-corrected chi connectivity index (χ1v) is 12.6. The molecule has 3 aromatic carbocycles. The van der Waals surface area contributed by atoms with E-state index in [2.05, 4.69) is 9.97 Å². The van der Waals surface area contributed by atoms with E-state index in [0.29, 0.717) is 73.0 Å². The van der Waals surface area contributed by atoms with Crippen LogP contribution < -0.4 is 15.4 Å². The first kappa shape index (κ1) is 25.4. The van der Waals surface area contributed by atoms with E-state index in [0.717, 1.165) is 16.9 Å². The zero-order chi connectivity index (χ0) is 26.5. The Morgan fingerprint density at radius 3 is 2.24 bits per heavy atom. The second-order valence-electron chi connectivity index (χ2n) is 9.33. The van der Waals surface area contributed by atoms with Gasteiger partial charge in [-0.1, -0.05) is 42.5 Å². The number of nitrogens with zero attached hydrogens (tertiary/aromatic N) is 4. The van der Waals surface area contributed by atoms with Gasteiger partial charge in [0.1, 0.15) is 18.2 Å². The molecule has 196 valence electrons. The normalized spacial score (nSPS) is 13.6. The molecular weight excluding hydrogens is 482 g/mol. The van der Waals surface area contributed by atoms with Crippen LogP contribution in [0, 0.1) is 0 Å². The highest BCUT2D eigenvalue weighted by molar-refractivity contribution is 5.90. The lowest BCUT2D eigenvalue weighted by molar-refractivity contribution is -0.130. The molecule has 0 atom stereocenters. The molecule has 0 radical (unpaired) electrons. The summed E-state index contributed by atoms with van der Waals surface area (Å²) >= 11 is 0. The maximum Gasteiger partial charge on any atom is 0.228 e. The zero-order valence-electron chi connectivity index (χ0n) is 21.1. The van der Waals surface area contributed by atoms with Crippen LogP contribution in [0.3, 0.4) is 0 Å². The van der Waals surface area contributed by atoms with E-state index in [4.69, 9.17) is 10.5 Å². The lowest BCUT2D eigenvalue weighted by atomic mass is 10.1. The average molecular weight is 514 g/mol. The minimum atomic E-state index is -0.199. The molecule has 0 saturated carbocycles. The SMILES string of the molecule is Nc1nc(N2CCN(C(=O)Cc3ccc(OCc4ccccc4)cc3)CC2)nc2cc(CO)c(CO)cc12. The molecular formula is C29H31N5O4. The molecule has 2 heterocycles. The number of carbonyl (C=O) groups excluding carboxylic acids is 1.